The Bertz CT molecular complexity index is 1070. The van der Waals surface area contributed by atoms with E-state index in [9.17, 15) is 23.3 Å². The summed E-state index contributed by atoms with van der Waals surface area (Å²) in [4.78, 5) is 22.9. The molecule has 3 rings (SSSR count). The highest BCUT2D eigenvalue weighted by Gasteiger charge is 2.27. The predicted molar refractivity (Wildman–Crippen MR) is 96.4 cm³/mol. The van der Waals surface area contributed by atoms with Crippen molar-refractivity contribution in [3.63, 3.8) is 0 Å². The molecule has 1 aliphatic heterocycles. The van der Waals surface area contributed by atoms with E-state index in [1.165, 1.54) is 25.3 Å². The Morgan fingerprint density at radius 2 is 1.86 bits per heavy atom. The lowest BCUT2D eigenvalue weighted by molar-refractivity contribution is -0.385. The lowest BCUT2D eigenvalue weighted by atomic mass is 10.1. The molecule has 1 heterocycles. The summed E-state index contributed by atoms with van der Waals surface area (Å²) in [5.74, 6) is -0.488. The van der Waals surface area contributed by atoms with Crippen molar-refractivity contribution < 1.29 is 32.3 Å². The van der Waals surface area contributed by atoms with Gasteiger partial charge in [-0.25, -0.2) is 13.6 Å². The number of hydrogen-bond acceptors (Lipinski definition) is 8. The molecule has 0 aliphatic carbocycles. The number of sulfonamides is 1. The first-order chi connectivity index (χ1) is 13.2. The number of nitrogens with two attached hydrogens (primary N) is 1. The van der Waals surface area contributed by atoms with Crippen LogP contribution in [0.1, 0.15) is 10.4 Å². The second-order valence-corrected chi connectivity index (χ2v) is 7.16. The van der Waals surface area contributed by atoms with Gasteiger partial charge in [0.1, 0.15) is 29.4 Å². The van der Waals surface area contributed by atoms with Gasteiger partial charge in [0.15, 0.2) is 11.5 Å². The number of rotatable bonds is 5. The van der Waals surface area contributed by atoms with Crippen LogP contribution < -0.4 is 24.7 Å². The first-order valence-corrected chi connectivity index (χ1v) is 9.35. The van der Waals surface area contributed by atoms with Gasteiger partial charge < -0.3 is 19.5 Å². The van der Waals surface area contributed by atoms with Crippen molar-refractivity contribution in [2.24, 2.45) is 5.14 Å². The van der Waals surface area contributed by atoms with E-state index >= 15 is 0 Å². The zero-order valence-electron chi connectivity index (χ0n) is 14.5. The predicted octanol–water partition coefficient (Wildman–Crippen LogP) is 1.27. The van der Waals surface area contributed by atoms with Crippen LogP contribution in [0.25, 0.3) is 0 Å². The molecule has 2 aromatic carbocycles. The summed E-state index contributed by atoms with van der Waals surface area (Å²) in [5.41, 5.74) is -0.705. The van der Waals surface area contributed by atoms with E-state index in [0.717, 1.165) is 12.1 Å². The molecular formula is C16H15N3O8S. The monoisotopic (exact) mass is 409 g/mol. The molecule has 0 aromatic heterocycles. The van der Waals surface area contributed by atoms with Crippen molar-refractivity contribution in [2.75, 3.05) is 25.6 Å². The molecule has 11 nitrogen and oxygen atoms in total. The zero-order valence-corrected chi connectivity index (χ0v) is 15.3. The SMILES string of the molecule is COc1ccc(NC(=O)c2cc3c(cc2[N+](=O)[O-])OCCO3)cc1S(N)(=O)=O. The molecule has 0 spiro atoms. The minimum Gasteiger partial charge on any atom is -0.495 e. The molecule has 1 amide bonds. The molecule has 1 aliphatic rings. The molecule has 0 bridgehead atoms. The number of benzene rings is 2. The second-order valence-electron chi connectivity index (χ2n) is 5.63. The molecule has 148 valence electrons. The number of hydrogen-bond donors (Lipinski definition) is 2. The molecule has 0 atom stereocenters. The van der Waals surface area contributed by atoms with Crippen molar-refractivity contribution in [1.82, 2.24) is 0 Å². The van der Waals surface area contributed by atoms with E-state index in [0.29, 0.717) is 0 Å². The summed E-state index contributed by atoms with van der Waals surface area (Å²) < 4.78 is 39.0. The van der Waals surface area contributed by atoms with Gasteiger partial charge in [-0.05, 0) is 18.2 Å². The number of nitro benzene ring substituents is 1. The second kappa shape index (κ2) is 7.32. The number of nitrogens with zero attached hydrogens (tertiary/aromatic N) is 1. The maximum absolute atomic E-state index is 12.6. The fraction of sp³-hybridized carbons (Fsp3) is 0.188. The summed E-state index contributed by atoms with van der Waals surface area (Å²) in [6.07, 6.45) is 0. The summed E-state index contributed by atoms with van der Waals surface area (Å²) in [7, 11) is -2.86. The number of carbonyl (C=O) groups is 1. The Labute approximate surface area is 159 Å². The molecule has 0 saturated carbocycles. The molecule has 0 saturated heterocycles. The average molecular weight is 409 g/mol. The third kappa shape index (κ3) is 3.82. The van der Waals surface area contributed by atoms with Gasteiger partial charge in [-0.3, -0.25) is 14.9 Å². The van der Waals surface area contributed by atoms with Gasteiger partial charge in [-0.15, -0.1) is 0 Å². The first kappa shape index (κ1) is 19.4. The Kier molecular flexibility index (Phi) is 5.07. The smallest absolute Gasteiger partial charge is 0.286 e. The highest BCUT2D eigenvalue weighted by molar-refractivity contribution is 7.89. The Morgan fingerprint density at radius 1 is 1.21 bits per heavy atom. The number of fused-ring (bicyclic) bond motifs is 1. The van der Waals surface area contributed by atoms with E-state index in [-0.39, 0.29) is 46.6 Å². The number of methoxy groups -OCH3 is 1. The van der Waals surface area contributed by atoms with E-state index in [1.54, 1.807) is 0 Å². The van der Waals surface area contributed by atoms with E-state index in [1.807, 2.05) is 0 Å². The molecular weight excluding hydrogens is 394 g/mol. The zero-order chi connectivity index (χ0) is 20.5. The van der Waals surface area contributed by atoms with Crippen molar-refractivity contribution in [2.45, 2.75) is 4.90 Å². The van der Waals surface area contributed by atoms with E-state index < -0.39 is 26.5 Å². The van der Waals surface area contributed by atoms with Gasteiger partial charge >= 0.3 is 0 Å². The molecule has 3 N–H and O–H groups in total. The average Bonchev–Trinajstić information content (AvgIpc) is 2.66. The Morgan fingerprint density at radius 3 is 2.43 bits per heavy atom. The van der Waals surface area contributed by atoms with Crippen LogP contribution in [0.15, 0.2) is 35.2 Å². The number of ether oxygens (including phenoxy) is 3. The number of nitrogens with one attached hydrogen (secondary N) is 1. The topological polar surface area (TPSA) is 160 Å². The highest BCUT2D eigenvalue weighted by atomic mass is 32.2. The van der Waals surface area contributed by atoms with Gasteiger partial charge in [-0.2, -0.15) is 0 Å². The van der Waals surface area contributed by atoms with Crippen LogP contribution in [0.2, 0.25) is 0 Å². The lowest BCUT2D eigenvalue weighted by Gasteiger charge is -2.19. The Balaban J connectivity index is 1.98. The van der Waals surface area contributed by atoms with Crippen molar-refractivity contribution in [3.05, 3.63) is 46.0 Å². The van der Waals surface area contributed by atoms with Crippen molar-refractivity contribution >= 4 is 27.3 Å². The van der Waals surface area contributed by atoms with Crippen LogP contribution in [0.5, 0.6) is 17.2 Å². The highest BCUT2D eigenvalue weighted by Crippen LogP contribution is 2.37. The Hall–Kier alpha value is -3.38. The molecule has 0 unspecified atom stereocenters. The molecule has 2 aromatic rings. The van der Waals surface area contributed by atoms with Crippen LogP contribution in [0, 0.1) is 10.1 Å². The fourth-order valence-electron chi connectivity index (χ4n) is 2.59. The van der Waals surface area contributed by atoms with Crippen molar-refractivity contribution in [1.29, 1.82) is 0 Å². The quantitative estimate of drug-likeness (QED) is 0.551. The van der Waals surface area contributed by atoms with Gasteiger partial charge in [0.2, 0.25) is 10.0 Å². The number of primary sulfonamides is 1. The van der Waals surface area contributed by atoms with Crippen LogP contribution in [-0.4, -0.2) is 39.6 Å². The number of carbonyl (C=O) groups excluding carboxylic acids is 1. The molecule has 0 fully saturated rings. The van der Waals surface area contributed by atoms with Crippen LogP contribution in [0.4, 0.5) is 11.4 Å². The third-order valence-corrected chi connectivity index (χ3v) is 4.76. The van der Waals surface area contributed by atoms with E-state index in [4.69, 9.17) is 19.3 Å². The lowest BCUT2D eigenvalue weighted by Crippen LogP contribution is -2.19. The maximum atomic E-state index is 12.6. The largest absolute Gasteiger partial charge is 0.495 e. The number of nitro groups is 1. The summed E-state index contributed by atoms with van der Waals surface area (Å²) in [6, 6.07) is 6.07. The standard InChI is InChI=1S/C16H15N3O8S/c1-25-12-3-2-9(6-15(12)28(17,23)24)18-16(20)10-7-13-14(27-5-4-26-13)8-11(10)19(21)22/h2-3,6-8H,4-5H2,1H3,(H,18,20)(H2,17,23,24). The van der Waals surface area contributed by atoms with Crippen LogP contribution in [0.3, 0.4) is 0 Å². The van der Waals surface area contributed by atoms with Gasteiger partial charge in [0.05, 0.1) is 18.1 Å². The van der Waals surface area contributed by atoms with Gasteiger partial charge in [-0.1, -0.05) is 0 Å². The minimum atomic E-state index is -4.12. The summed E-state index contributed by atoms with van der Waals surface area (Å²) in [5, 5.41) is 18.9. The van der Waals surface area contributed by atoms with E-state index in [2.05, 4.69) is 5.32 Å². The van der Waals surface area contributed by atoms with Crippen LogP contribution >= 0.6 is 0 Å². The summed E-state index contributed by atoms with van der Waals surface area (Å²) >= 11 is 0. The molecule has 0 radical (unpaired) electrons. The minimum absolute atomic E-state index is 0.00851. The fourth-order valence-corrected chi connectivity index (χ4v) is 3.31. The van der Waals surface area contributed by atoms with Crippen LogP contribution in [-0.2, 0) is 10.0 Å². The van der Waals surface area contributed by atoms with Crippen molar-refractivity contribution in [3.8, 4) is 17.2 Å². The molecule has 28 heavy (non-hydrogen) atoms. The maximum Gasteiger partial charge on any atom is 0.286 e. The molecule has 12 heteroatoms. The van der Waals surface area contributed by atoms with Gasteiger partial charge in [0.25, 0.3) is 11.6 Å². The summed E-state index contributed by atoms with van der Waals surface area (Å²) in [6.45, 7) is 0.472. The third-order valence-electron chi connectivity index (χ3n) is 3.83. The number of anilines is 1. The van der Waals surface area contributed by atoms with Gasteiger partial charge in [0, 0.05) is 11.8 Å². The number of amides is 1. The first-order valence-electron chi connectivity index (χ1n) is 7.81. The normalized spacial score (nSPS) is 12.9.